The van der Waals surface area contributed by atoms with Crippen molar-refractivity contribution in [2.24, 2.45) is 4.99 Å². The Labute approximate surface area is 162 Å². The van der Waals surface area contributed by atoms with Crippen LogP contribution in [0.2, 0.25) is 0 Å². The molecule has 1 aliphatic rings. The van der Waals surface area contributed by atoms with Crippen LogP contribution in [-0.2, 0) is 15.7 Å². The fraction of sp³-hybridized carbons (Fsp3) is 0.105. The number of carbonyl (C=O) groups excluding carboxylic acids is 2. The number of para-hydroxylation sites is 1. The highest BCUT2D eigenvalue weighted by Gasteiger charge is 2.34. The maximum atomic E-state index is 13.1. The number of aliphatic imine (C=N–C) groups is 1. The highest BCUT2D eigenvalue weighted by Crippen LogP contribution is 2.37. The average Bonchev–Trinajstić information content (AvgIpc) is 3.00. The number of carbonyl (C=O) groups is 2. The minimum atomic E-state index is -4.55. The van der Waals surface area contributed by atoms with E-state index in [1.54, 1.807) is 30.3 Å². The molecule has 0 aromatic heterocycles. The Morgan fingerprint density at radius 2 is 1.82 bits per heavy atom. The van der Waals surface area contributed by atoms with Crippen LogP contribution in [0, 0.1) is 0 Å². The zero-order chi connectivity index (χ0) is 20.3. The summed E-state index contributed by atoms with van der Waals surface area (Å²) in [7, 11) is 1.27. The van der Waals surface area contributed by atoms with Crippen LogP contribution in [0.1, 0.15) is 21.5 Å². The van der Waals surface area contributed by atoms with Crippen LogP contribution < -0.4 is 5.32 Å². The van der Waals surface area contributed by atoms with Gasteiger partial charge in [-0.05, 0) is 47.7 Å². The van der Waals surface area contributed by atoms with Crippen molar-refractivity contribution in [3.63, 3.8) is 0 Å². The molecule has 2 aromatic rings. The number of hydrogen-bond donors (Lipinski definition) is 1. The molecule has 0 unspecified atom stereocenters. The molecule has 0 saturated carbocycles. The maximum absolute atomic E-state index is 13.1. The van der Waals surface area contributed by atoms with Crippen molar-refractivity contribution in [3.8, 4) is 0 Å². The van der Waals surface area contributed by atoms with Crippen molar-refractivity contribution in [1.29, 1.82) is 0 Å². The van der Waals surface area contributed by atoms with Crippen molar-refractivity contribution < 1.29 is 27.5 Å². The molecular weight excluding hydrogens is 393 g/mol. The van der Waals surface area contributed by atoms with Gasteiger partial charge >= 0.3 is 12.1 Å². The van der Waals surface area contributed by atoms with Gasteiger partial charge in [0, 0.05) is 0 Å². The van der Waals surface area contributed by atoms with E-state index in [1.807, 2.05) is 0 Å². The summed E-state index contributed by atoms with van der Waals surface area (Å²) < 4.78 is 43.8. The van der Waals surface area contributed by atoms with Crippen molar-refractivity contribution in [2.45, 2.75) is 6.18 Å². The molecule has 0 atom stereocenters. The zero-order valence-electron chi connectivity index (χ0n) is 14.4. The molecule has 3 rings (SSSR count). The quantitative estimate of drug-likeness (QED) is 0.607. The molecule has 144 valence electrons. The summed E-state index contributed by atoms with van der Waals surface area (Å²) >= 11 is 0.934. The topological polar surface area (TPSA) is 67.8 Å². The Kier molecular flexibility index (Phi) is 5.55. The third kappa shape index (κ3) is 4.42. The Bertz CT molecular complexity index is 983. The molecule has 0 aliphatic carbocycles. The molecule has 1 saturated heterocycles. The second-order valence-corrected chi connectivity index (χ2v) is 6.64. The zero-order valence-corrected chi connectivity index (χ0v) is 15.2. The molecule has 0 bridgehead atoms. The number of amidine groups is 1. The summed E-state index contributed by atoms with van der Waals surface area (Å²) in [5.74, 6) is -0.949. The average molecular weight is 406 g/mol. The minimum absolute atomic E-state index is 0.0548. The lowest BCUT2D eigenvalue weighted by molar-refractivity contribution is -0.137. The van der Waals surface area contributed by atoms with E-state index in [0.717, 1.165) is 17.8 Å². The molecular formula is C19H13F3N2O3S. The monoisotopic (exact) mass is 406 g/mol. The molecule has 1 aliphatic heterocycles. The van der Waals surface area contributed by atoms with Gasteiger partial charge in [0.05, 0.1) is 28.8 Å². The lowest BCUT2D eigenvalue weighted by Gasteiger charge is -2.09. The number of methoxy groups -OCH3 is 1. The van der Waals surface area contributed by atoms with Crippen molar-refractivity contribution >= 4 is 40.6 Å². The molecule has 1 amide bonds. The van der Waals surface area contributed by atoms with Crippen LogP contribution in [0.3, 0.4) is 0 Å². The van der Waals surface area contributed by atoms with Crippen LogP contribution in [0.25, 0.3) is 6.08 Å². The lowest BCUT2D eigenvalue weighted by atomic mass is 10.1. The largest absolute Gasteiger partial charge is 0.465 e. The van der Waals surface area contributed by atoms with Crippen LogP contribution in [0.4, 0.5) is 18.9 Å². The van der Waals surface area contributed by atoms with E-state index in [0.29, 0.717) is 11.1 Å². The van der Waals surface area contributed by atoms with E-state index in [4.69, 9.17) is 0 Å². The predicted octanol–water partition coefficient (Wildman–Crippen LogP) is 4.38. The summed E-state index contributed by atoms with van der Waals surface area (Å²) in [6, 6.07) is 11.2. The van der Waals surface area contributed by atoms with Gasteiger partial charge in [0.15, 0.2) is 5.17 Å². The number of halogens is 3. The number of hydrogen-bond acceptors (Lipinski definition) is 5. The van der Waals surface area contributed by atoms with E-state index < -0.39 is 23.6 Å². The normalized spacial score (nSPS) is 17.1. The van der Waals surface area contributed by atoms with Gasteiger partial charge in [-0.25, -0.2) is 9.79 Å². The van der Waals surface area contributed by atoms with Gasteiger partial charge in [0.25, 0.3) is 5.91 Å². The van der Waals surface area contributed by atoms with Crippen LogP contribution in [0.5, 0.6) is 0 Å². The van der Waals surface area contributed by atoms with Crippen molar-refractivity contribution in [1.82, 2.24) is 5.32 Å². The van der Waals surface area contributed by atoms with E-state index >= 15 is 0 Å². The molecule has 28 heavy (non-hydrogen) atoms. The molecule has 1 N–H and O–H groups in total. The second-order valence-electron chi connectivity index (χ2n) is 5.61. The van der Waals surface area contributed by atoms with E-state index in [2.05, 4.69) is 15.0 Å². The summed E-state index contributed by atoms with van der Waals surface area (Å²) in [6.07, 6.45) is -2.99. The van der Waals surface area contributed by atoms with Gasteiger partial charge in [-0.1, -0.05) is 24.3 Å². The number of benzene rings is 2. The Balaban J connectivity index is 1.83. The molecule has 5 nitrogen and oxygen atoms in total. The third-order valence-corrected chi connectivity index (χ3v) is 4.62. The number of ether oxygens (including phenoxy) is 1. The third-order valence-electron chi connectivity index (χ3n) is 3.71. The maximum Gasteiger partial charge on any atom is 0.418 e. The standard InChI is InChI=1S/C19H13F3N2O3S/c1-27-17(26)12-8-6-11(7-9-12)10-15-16(25)24-18(28-15)23-14-5-3-2-4-13(14)19(20,21)22/h2-10H,1H3,(H,23,24,25)/b15-10-. The van der Waals surface area contributed by atoms with Gasteiger partial charge in [-0.15, -0.1) is 0 Å². The fourth-order valence-corrected chi connectivity index (χ4v) is 3.22. The number of esters is 1. The van der Waals surface area contributed by atoms with Crippen molar-refractivity contribution in [3.05, 3.63) is 70.1 Å². The van der Waals surface area contributed by atoms with Crippen LogP contribution in [-0.4, -0.2) is 24.2 Å². The molecule has 1 fully saturated rings. The fourth-order valence-electron chi connectivity index (χ4n) is 2.39. The molecule has 0 radical (unpaired) electrons. The summed E-state index contributed by atoms with van der Waals surface area (Å²) in [5, 5.41) is 2.51. The Hall–Kier alpha value is -3.07. The molecule has 2 aromatic carbocycles. The Morgan fingerprint density at radius 1 is 1.14 bits per heavy atom. The first-order valence-corrected chi connectivity index (χ1v) is 8.74. The van der Waals surface area contributed by atoms with Gasteiger partial charge in [0.1, 0.15) is 0 Å². The van der Waals surface area contributed by atoms with Crippen molar-refractivity contribution in [2.75, 3.05) is 7.11 Å². The second kappa shape index (κ2) is 7.89. The highest BCUT2D eigenvalue weighted by molar-refractivity contribution is 8.18. The number of nitrogens with one attached hydrogen (secondary N) is 1. The first kappa shape index (κ1) is 19.7. The number of amides is 1. The number of rotatable bonds is 3. The summed E-state index contributed by atoms with van der Waals surface area (Å²) in [6.45, 7) is 0. The predicted molar refractivity (Wildman–Crippen MR) is 100 cm³/mol. The van der Waals surface area contributed by atoms with Gasteiger partial charge in [0.2, 0.25) is 0 Å². The smallest absolute Gasteiger partial charge is 0.418 e. The molecule has 1 heterocycles. The van der Waals surface area contributed by atoms with Crippen LogP contribution >= 0.6 is 11.8 Å². The van der Waals surface area contributed by atoms with Crippen LogP contribution in [0.15, 0.2) is 58.4 Å². The van der Waals surface area contributed by atoms with E-state index in [-0.39, 0.29) is 15.8 Å². The first-order valence-electron chi connectivity index (χ1n) is 7.92. The number of thioether (sulfide) groups is 1. The van der Waals surface area contributed by atoms with E-state index in [1.165, 1.54) is 25.3 Å². The first-order chi connectivity index (χ1) is 13.3. The van der Waals surface area contributed by atoms with Gasteiger partial charge in [-0.2, -0.15) is 13.2 Å². The SMILES string of the molecule is COC(=O)c1ccc(/C=C2\SC(=Nc3ccccc3C(F)(F)F)NC2=O)cc1. The molecule has 0 spiro atoms. The number of alkyl halides is 3. The van der Waals surface area contributed by atoms with Gasteiger partial charge in [-0.3, -0.25) is 4.79 Å². The molecule has 9 heteroatoms. The number of nitrogens with zero attached hydrogens (tertiary/aromatic N) is 1. The van der Waals surface area contributed by atoms with Gasteiger partial charge < -0.3 is 10.1 Å². The minimum Gasteiger partial charge on any atom is -0.465 e. The lowest BCUT2D eigenvalue weighted by Crippen LogP contribution is -2.19. The van der Waals surface area contributed by atoms with E-state index in [9.17, 15) is 22.8 Å². The summed E-state index contributed by atoms with van der Waals surface area (Å²) in [4.78, 5) is 27.8. The Morgan fingerprint density at radius 3 is 2.46 bits per heavy atom. The highest BCUT2D eigenvalue weighted by atomic mass is 32.2. The summed E-state index contributed by atoms with van der Waals surface area (Å²) in [5.41, 5.74) is -0.156.